The van der Waals surface area contributed by atoms with Crippen LogP contribution in [0, 0.1) is 0 Å². The number of halogens is 1. The summed E-state index contributed by atoms with van der Waals surface area (Å²) in [6.07, 6.45) is 0. The molecule has 0 radical (unpaired) electrons. The maximum absolute atomic E-state index is 11.7. The minimum absolute atomic E-state index is 0.167. The van der Waals surface area contributed by atoms with E-state index in [-0.39, 0.29) is 5.56 Å². The average molecular weight is 323 g/mol. The Hall–Kier alpha value is -0.920. The zero-order valence-electron chi connectivity index (χ0n) is 8.71. The molecule has 0 heterocycles. The van der Waals surface area contributed by atoms with E-state index < -0.39 is 33.4 Å². The van der Waals surface area contributed by atoms with Crippen molar-refractivity contribution in [3.63, 3.8) is 0 Å². The molecule has 17 heavy (non-hydrogen) atoms. The lowest BCUT2D eigenvalue weighted by molar-refractivity contribution is -0.136. The zero-order valence-corrected chi connectivity index (χ0v) is 11.1. The third kappa shape index (κ3) is 3.52. The van der Waals surface area contributed by atoms with E-state index in [0.29, 0.717) is 4.47 Å². The van der Waals surface area contributed by atoms with Crippen molar-refractivity contribution in [1.29, 1.82) is 0 Å². The molecule has 1 aromatic rings. The van der Waals surface area contributed by atoms with Crippen molar-refractivity contribution in [2.24, 2.45) is 0 Å². The van der Waals surface area contributed by atoms with E-state index >= 15 is 0 Å². The highest BCUT2D eigenvalue weighted by Gasteiger charge is 2.33. The minimum Gasteiger partial charge on any atom is -0.480 e. The van der Waals surface area contributed by atoms with Crippen LogP contribution in [-0.4, -0.2) is 37.0 Å². The number of benzene rings is 1. The Balaban J connectivity index is 3.24. The Bertz CT molecular complexity index is 511. The molecular formula is C10H11BrO5S. The third-order valence-corrected chi connectivity index (χ3v) is 4.55. The predicted octanol–water partition coefficient (Wildman–Crippen LogP) is 0.982. The van der Waals surface area contributed by atoms with E-state index in [1.54, 1.807) is 12.1 Å². The van der Waals surface area contributed by atoms with Gasteiger partial charge in [0, 0.05) is 4.47 Å². The fourth-order valence-corrected chi connectivity index (χ4v) is 3.19. The van der Waals surface area contributed by atoms with Gasteiger partial charge in [0.15, 0.2) is 15.1 Å². The Morgan fingerprint density at radius 1 is 1.41 bits per heavy atom. The Morgan fingerprint density at radius 2 is 2.06 bits per heavy atom. The second-order valence-electron chi connectivity index (χ2n) is 3.36. The number of sulfone groups is 1. The SMILES string of the molecule is O=C(O)[C@H](c1cccc(Br)c1)S(=O)(=O)CCO. The molecule has 0 aromatic heterocycles. The second-order valence-corrected chi connectivity index (χ2v) is 6.48. The molecule has 7 heteroatoms. The summed E-state index contributed by atoms with van der Waals surface area (Å²) < 4.78 is 24.1. The first-order valence-electron chi connectivity index (χ1n) is 4.69. The first kappa shape index (κ1) is 14.1. The lowest BCUT2D eigenvalue weighted by Crippen LogP contribution is -2.25. The van der Waals surface area contributed by atoms with Crippen molar-refractivity contribution in [3.05, 3.63) is 34.3 Å². The molecule has 0 amide bonds. The molecule has 1 rings (SSSR count). The topological polar surface area (TPSA) is 91.7 Å². The van der Waals surface area contributed by atoms with Gasteiger partial charge in [-0.25, -0.2) is 8.42 Å². The first-order chi connectivity index (χ1) is 7.88. The van der Waals surface area contributed by atoms with E-state index in [0.717, 1.165) is 0 Å². The van der Waals surface area contributed by atoms with E-state index in [2.05, 4.69) is 15.9 Å². The van der Waals surface area contributed by atoms with Gasteiger partial charge < -0.3 is 10.2 Å². The molecule has 0 aliphatic heterocycles. The fraction of sp³-hybridized carbons (Fsp3) is 0.300. The summed E-state index contributed by atoms with van der Waals surface area (Å²) >= 11 is 3.15. The molecule has 0 fully saturated rings. The molecule has 5 nitrogen and oxygen atoms in total. The van der Waals surface area contributed by atoms with E-state index in [1.165, 1.54) is 12.1 Å². The maximum atomic E-state index is 11.7. The largest absolute Gasteiger partial charge is 0.480 e. The van der Waals surface area contributed by atoms with Crippen LogP contribution >= 0.6 is 15.9 Å². The minimum atomic E-state index is -3.91. The van der Waals surface area contributed by atoms with Crippen LogP contribution in [0.4, 0.5) is 0 Å². The highest BCUT2D eigenvalue weighted by molar-refractivity contribution is 9.10. The number of aliphatic carboxylic acids is 1. The quantitative estimate of drug-likeness (QED) is 0.843. The van der Waals surface area contributed by atoms with E-state index in [4.69, 9.17) is 10.2 Å². The van der Waals surface area contributed by atoms with Gasteiger partial charge >= 0.3 is 5.97 Å². The van der Waals surface area contributed by atoms with Crippen LogP contribution in [0.15, 0.2) is 28.7 Å². The summed E-state index contributed by atoms with van der Waals surface area (Å²) in [5, 5.41) is 16.0. The van der Waals surface area contributed by atoms with Crippen LogP contribution in [0.25, 0.3) is 0 Å². The van der Waals surface area contributed by atoms with Crippen molar-refractivity contribution in [2.45, 2.75) is 5.25 Å². The van der Waals surface area contributed by atoms with Crippen molar-refractivity contribution >= 4 is 31.7 Å². The molecule has 1 aromatic carbocycles. The van der Waals surface area contributed by atoms with Gasteiger partial charge in [-0.2, -0.15) is 0 Å². The predicted molar refractivity (Wildman–Crippen MR) is 65.4 cm³/mol. The molecule has 0 bridgehead atoms. The maximum Gasteiger partial charge on any atom is 0.326 e. The van der Waals surface area contributed by atoms with Crippen LogP contribution in [0.3, 0.4) is 0 Å². The molecule has 1 atom stereocenters. The van der Waals surface area contributed by atoms with Gasteiger partial charge in [-0.1, -0.05) is 28.1 Å². The van der Waals surface area contributed by atoms with Crippen molar-refractivity contribution in [2.75, 3.05) is 12.4 Å². The molecule has 0 aliphatic carbocycles. The molecule has 2 N–H and O–H groups in total. The van der Waals surface area contributed by atoms with Gasteiger partial charge in [0.1, 0.15) is 0 Å². The van der Waals surface area contributed by atoms with Gasteiger partial charge in [0.2, 0.25) is 0 Å². The van der Waals surface area contributed by atoms with E-state index in [9.17, 15) is 13.2 Å². The molecule has 0 unspecified atom stereocenters. The molecule has 0 spiro atoms. The number of carbonyl (C=O) groups is 1. The summed E-state index contributed by atoms with van der Waals surface area (Å²) in [7, 11) is -3.91. The van der Waals surface area contributed by atoms with Crippen LogP contribution < -0.4 is 0 Å². The number of hydrogen-bond acceptors (Lipinski definition) is 4. The lowest BCUT2D eigenvalue weighted by Gasteiger charge is -2.13. The molecule has 94 valence electrons. The zero-order chi connectivity index (χ0) is 13.1. The number of hydrogen-bond donors (Lipinski definition) is 2. The van der Waals surface area contributed by atoms with Gasteiger partial charge in [0.05, 0.1) is 12.4 Å². The first-order valence-corrected chi connectivity index (χ1v) is 7.20. The Labute approximate surface area is 107 Å². The number of aliphatic hydroxyl groups excluding tert-OH is 1. The summed E-state index contributed by atoms with van der Waals surface area (Å²) in [6, 6.07) is 6.09. The Morgan fingerprint density at radius 3 is 2.53 bits per heavy atom. The van der Waals surface area contributed by atoms with Crippen molar-refractivity contribution < 1.29 is 23.4 Å². The molecule has 0 aliphatic rings. The van der Waals surface area contributed by atoms with E-state index in [1.807, 2.05) is 0 Å². The van der Waals surface area contributed by atoms with Gasteiger partial charge in [0.25, 0.3) is 0 Å². The summed E-state index contributed by atoms with van der Waals surface area (Å²) in [4.78, 5) is 11.1. The normalized spacial score (nSPS) is 13.3. The monoisotopic (exact) mass is 322 g/mol. The third-order valence-electron chi connectivity index (χ3n) is 2.11. The van der Waals surface area contributed by atoms with Crippen molar-refractivity contribution in [3.8, 4) is 0 Å². The molecule has 0 saturated heterocycles. The lowest BCUT2D eigenvalue weighted by atomic mass is 10.1. The van der Waals surface area contributed by atoms with Gasteiger partial charge in [-0.05, 0) is 17.7 Å². The fourth-order valence-electron chi connectivity index (χ4n) is 1.42. The van der Waals surface area contributed by atoms with Crippen LogP contribution in [0.1, 0.15) is 10.8 Å². The van der Waals surface area contributed by atoms with Crippen LogP contribution in [0.2, 0.25) is 0 Å². The van der Waals surface area contributed by atoms with Crippen LogP contribution in [-0.2, 0) is 14.6 Å². The number of carboxylic acids is 1. The average Bonchev–Trinajstić information content (AvgIpc) is 2.15. The van der Waals surface area contributed by atoms with Gasteiger partial charge in [-0.15, -0.1) is 0 Å². The molecule has 0 saturated carbocycles. The number of rotatable bonds is 5. The summed E-state index contributed by atoms with van der Waals surface area (Å²) in [6.45, 7) is -0.597. The van der Waals surface area contributed by atoms with Gasteiger partial charge in [-0.3, -0.25) is 4.79 Å². The highest BCUT2D eigenvalue weighted by atomic mass is 79.9. The Kier molecular flexibility index (Phi) is 4.67. The summed E-state index contributed by atoms with van der Waals surface area (Å²) in [5.74, 6) is -2.02. The highest BCUT2D eigenvalue weighted by Crippen LogP contribution is 2.25. The number of aliphatic hydroxyl groups is 1. The number of carboxylic acid groups (broad SMARTS) is 1. The van der Waals surface area contributed by atoms with Crippen LogP contribution in [0.5, 0.6) is 0 Å². The standard InChI is InChI=1S/C10H11BrO5S/c11-8-3-1-2-7(6-8)9(10(13)14)17(15,16)5-4-12/h1-3,6,9,12H,4-5H2,(H,13,14)/t9-/m0/s1. The van der Waals surface area contributed by atoms with Crippen molar-refractivity contribution in [1.82, 2.24) is 0 Å². The smallest absolute Gasteiger partial charge is 0.326 e. The summed E-state index contributed by atoms with van der Waals surface area (Å²) in [5.41, 5.74) is 0.167. The second kappa shape index (κ2) is 5.61. The molecular weight excluding hydrogens is 312 g/mol.